The second kappa shape index (κ2) is 8.44. The summed E-state index contributed by atoms with van der Waals surface area (Å²) in [5.41, 5.74) is 0.794. The Kier molecular flexibility index (Phi) is 6.29. The van der Waals surface area contributed by atoms with Crippen LogP contribution in [0.15, 0.2) is 54.6 Å². The fourth-order valence-corrected chi connectivity index (χ4v) is 2.35. The monoisotopic (exact) mass is 333 g/mol. The van der Waals surface area contributed by atoms with Crippen LogP contribution in [-0.2, 0) is 4.79 Å². The molecule has 4 nitrogen and oxygen atoms in total. The number of amides is 1. The van der Waals surface area contributed by atoms with Crippen LogP contribution in [0.4, 0.5) is 0 Å². The Balaban J connectivity index is 1.81. The molecule has 0 aliphatic carbocycles. The lowest BCUT2D eigenvalue weighted by Crippen LogP contribution is -2.33. The number of rotatable bonds is 7. The maximum atomic E-state index is 12.3. The Morgan fingerprint density at radius 3 is 2.30 bits per heavy atom. The molecular formula is C18H20ClNO3. The second-order valence-corrected chi connectivity index (χ2v) is 5.49. The number of methoxy groups -OCH3 is 1. The smallest absolute Gasteiger partial charge is 0.245 e. The fraction of sp³-hybridized carbons (Fsp3) is 0.278. The van der Waals surface area contributed by atoms with Crippen LogP contribution in [0.5, 0.6) is 11.5 Å². The van der Waals surface area contributed by atoms with Crippen molar-refractivity contribution < 1.29 is 14.3 Å². The van der Waals surface area contributed by atoms with Gasteiger partial charge in [0.15, 0.2) is 0 Å². The molecule has 0 saturated heterocycles. The lowest BCUT2D eigenvalue weighted by Gasteiger charge is -2.20. The van der Waals surface area contributed by atoms with Crippen molar-refractivity contribution in [2.75, 3.05) is 27.3 Å². The SMILES string of the molecule is COc1ccc(OCCN(C)C(=O)C(Cl)c2ccccc2)cc1. The molecule has 1 unspecified atom stereocenters. The van der Waals surface area contributed by atoms with Gasteiger partial charge in [-0.25, -0.2) is 0 Å². The summed E-state index contributed by atoms with van der Waals surface area (Å²) in [7, 11) is 3.34. The first-order valence-electron chi connectivity index (χ1n) is 7.32. The molecular weight excluding hydrogens is 314 g/mol. The van der Waals surface area contributed by atoms with Gasteiger partial charge in [0.1, 0.15) is 23.5 Å². The summed E-state index contributed by atoms with van der Waals surface area (Å²) in [5, 5.41) is -0.679. The maximum absolute atomic E-state index is 12.3. The Morgan fingerprint density at radius 1 is 1.09 bits per heavy atom. The van der Waals surface area contributed by atoms with E-state index in [4.69, 9.17) is 21.1 Å². The highest BCUT2D eigenvalue weighted by Gasteiger charge is 2.21. The molecule has 122 valence electrons. The zero-order valence-corrected chi connectivity index (χ0v) is 14.0. The molecule has 0 bridgehead atoms. The minimum Gasteiger partial charge on any atom is -0.497 e. The van der Waals surface area contributed by atoms with Gasteiger partial charge in [-0.1, -0.05) is 30.3 Å². The summed E-state index contributed by atoms with van der Waals surface area (Å²) in [6.45, 7) is 0.855. The molecule has 0 heterocycles. The first kappa shape index (κ1) is 17.2. The third-order valence-corrected chi connectivity index (χ3v) is 3.88. The van der Waals surface area contributed by atoms with Crippen molar-refractivity contribution in [1.82, 2.24) is 4.90 Å². The molecule has 0 spiro atoms. The summed E-state index contributed by atoms with van der Waals surface area (Å²) in [6, 6.07) is 16.6. The zero-order chi connectivity index (χ0) is 16.7. The van der Waals surface area contributed by atoms with E-state index < -0.39 is 5.38 Å². The van der Waals surface area contributed by atoms with Gasteiger partial charge in [0, 0.05) is 7.05 Å². The highest BCUT2D eigenvalue weighted by Crippen LogP contribution is 2.22. The first-order chi connectivity index (χ1) is 11.1. The van der Waals surface area contributed by atoms with Gasteiger partial charge in [-0.3, -0.25) is 4.79 Å². The van der Waals surface area contributed by atoms with Crippen molar-refractivity contribution in [3.05, 3.63) is 60.2 Å². The summed E-state index contributed by atoms with van der Waals surface area (Å²) < 4.78 is 10.7. The normalized spacial score (nSPS) is 11.6. The molecule has 0 aliphatic heterocycles. The van der Waals surface area contributed by atoms with E-state index >= 15 is 0 Å². The largest absolute Gasteiger partial charge is 0.497 e. The van der Waals surface area contributed by atoms with E-state index in [9.17, 15) is 4.79 Å². The van der Waals surface area contributed by atoms with Crippen LogP contribution < -0.4 is 9.47 Å². The standard InChI is InChI=1S/C18H20ClNO3/c1-20(18(21)17(19)14-6-4-3-5-7-14)12-13-23-16-10-8-15(22-2)9-11-16/h3-11,17H,12-13H2,1-2H3. The molecule has 1 atom stereocenters. The Morgan fingerprint density at radius 2 is 1.70 bits per heavy atom. The van der Waals surface area contributed by atoms with E-state index in [2.05, 4.69) is 0 Å². The van der Waals surface area contributed by atoms with E-state index in [0.717, 1.165) is 17.1 Å². The van der Waals surface area contributed by atoms with E-state index in [1.807, 2.05) is 54.6 Å². The Hall–Kier alpha value is -2.20. The summed E-state index contributed by atoms with van der Waals surface area (Å²) in [5.74, 6) is 1.37. The number of hydrogen-bond donors (Lipinski definition) is 0. The van der Waals surface area contributed by atoms with Crippen LogP contribution in [-0.4, -0.2) is 38.1 Å². The van der Waals surface area contributed by atoms with Crippen molar-refractivity contribution in [3.8, 4) is 11.5 Å². The van der Waals surface area contributed by atoms with Gasteiger partial charge >= 0.3 is 0 Å². The third-order valence-electron chi connectivity index (χ3n) is 3.44. The van der Waals surface area contributed by atoms with Crippen molar-refractivity contribution in [2.24, 2.45) is 0 Å². The van der Waals surface area contributed by atoms with E-state index in [1.165, 1.54) is 0 Å². The van der Waals surface area contributed by atoms with Crippen LogP contribution >= 0.6 is 11.6 Å². The van der Waals surface area contributed by atoms with Gasteiger partial charge in [0.05, 0.1) is 13.7 Å². The summed E-state index contributed by atoms with van der Waals surface area (Å²) in [6.07, 6.45) is 0. The highest BCUT2D eigenvalue weighted by molar-refractivity contribution is 6.30. The molecule has 0 aliphatic rings. The maximum Gasteiger partial charge on any atom is 0.245 e. The number of benzene rings is 2. The molecule has 0 aromatic heterocycles. The van der Waals surface area contributed by atoms with Gasteiger partial charge in [-0.05, 0) is 29.8 Å². The second-order valence-electron chi connectivity index (χ2n) is 5.06. The minimum atomic E-state index is -0.679. The molecule has 2 aromatic rings. The zero-order valence-electron chi connectivity index (χ0n) is 13.2. The fourth-order valence-electron chi connectivity index (χ4n) is 2.04. The van der Waals surface area contributed by atoms with Crippen molar-refractivity contribution >= 4 is 17.5 Å². The van der Waals surface area contributed by atoms with Crippen LogP contribution in [0.3, 0.4) is 0 Å². The number of likely N-dealkylation sites (N-methyl/N-ethyl adjacent to an activating group) is 1. The third kappa shape index (κ3) is 4.89. The number of alkyl halides is 1. The van der Waals surface area contributed by atoms with Crippen molar-refractivity contribution in [3.63, 3.8) is 0 Å². The van der Waals surface area contributed by atoms with Crippen LogP contribution in [0.25, 0.3) is 0 Å². The molecule has 0 N–H and O–H groups in total. The average molecular weight is 334 g/mol. The van der Waals surface area contributed by atoms with Crippen LogP contribution in [0.2, 0.25) is 0 Å². The molecule has 2 rings (SSSR count). The lowest BCUT2D eigenvalue weighted by atomic mass is 10.1. The van der Waals surface area contributed by atoms with Gasteiger partial charge in [0.25, 0.3) is 0 Å². The van der Waals surface area contributed by atoms with Crippen molar-refractivity contribution in [2.45, 2.75) is 5.38 Å². The topological polar surface area (TPSA) is 38.8 Å². The number of ether oxygens (including phenoxy) is 2. The number of hydrogen-bond acceptors (Lipinski definition) is 3. The Labute approximate surface area is 141 Å². The number of nitrogens with zero attached hydrogens (tertiary/aromatic N) is 1. The predicted molar refractivity (Wildman–Crippen MR) is 91.2 cm³/mol. The summed E-state index contributed by atoms with van der Waals surface area (Å²) in [4.78, 5) is 13.9. The van der Waals surface area contributed by atoms with E-state index in [1.54, 1.807) is 19.1 Å². The molecule has 1 amide bonds. The van der Waals surface area contributed by atoms with Gasteiger partial charge in [-0.15, -0.1) is 11.6 Å². The van der Waals surface area contributed by atoms with Gasteiger partial charge in [-0.2, -0.15) is 0 Å². The minimum absolute atomic E-state index is 0.142. The van der Waals surface area contributed by atoms with Crippen molar-refractivity contribution in [1.29, 1.82) is 0 Å². The van der Waals surface area contributed by atoms with Gasteiger partial charge in [0.2, 0.25) is 5.91 Å². The van der Waals surface area contributed by atoms with Crippen LogP contribution in [0.1, 0.15) is 10.9 Å². The van der Waals surface area contributed by atoms with Crippen LogP contribution in [0, 0.1) is 0 Å². The molecule has 2 aromatic carbocycles. The highest BCUT2D eigenvalue weighted by atomic mass is 35.5. The quantitative estimate of drug-likeness (QED) is 0.728. The molecule has 23 heavy (non-hydrogen) atoms. The first-order valence-corrected chi connectivity index (χ1v) is 7.76. The predicted octanol–water partition coefficient (Wildman–Crippen LogP) is 3.51. The summed E-state index contributed by atoms with van der Waals surface area (Å²) >= 11 is 6.23. The van der Waals surface area contributed by atoms with Gasteiger partial charge < -0.3 is 14.4 Å². The number of halogens is 1. The average Bonchev–Trinajstić information content (AvgIpc) is 2.61. The Bertz CT molecular complexity index is 616. The lowest BCUT2D eigenvalue weighted by molar-refractivity contribution is -0.129. The molecule has 0 saturated carbocycles. The van der Waals surface area contributed by atoms with E-state index in [-0.39, 0.29) is 5.91 Å². The van der Waals surface area contributed by atoms with E-state index in [0.29, 0.717) is 13.2 Å². The molecule has 5 heteroatoms. The molecule has 0 radical (unpaired) electrons. The molecule has 0 fully saturated rings. The number of carbonyl (C=O) groups excluding carboxylic acids is 1. The number of carbonyl (C=O) groups is 1.